The molecular weight excluding hydrogens is 346 g/mol. The number of rotatable bonds is 2. The number of carbonyl (C=O) groups excluding carboxylic acids is 1. The molecule has 4 rings (SSSR count). The summed E-state index contributed by atoms with van der Waals surface area (Å²) in [6.45, 7) is 3.22. The van der Waals surface area contributed by atoms with Gasteiger partial charge in [-0.1, -0.05) is 24.3 Å². The monoisotopic (exact) mass is 371 g/mol. The lowest BCUT2D eigenvalue weighted by molar-refractivity contribution is -0.00138. The molecule has 1 saturated heterocycles. The fourth-order valence-electron chi connectivity index (χ4n) is 4.73. The van der Waals surface area contributed by atoms with E-state index in [-0.39, 0.29) is 17.4 Å². The Bertz CT molecular complexity index is 824. The molecule has 0 radical (unpaired) electrons. The fourth-order valence-corrected chi connectivity index (χ4v) is 5.49. The number of piperidine rings is 1. The Morgan fingerprint density at radius 2 is 2.00 bits per heavy atom. The number of aliphatic hydroxyl groups excluding tert-OH is 1. The predicted octanol–water partition coefficient (Wildman–Crippen LogP) is 2.60. The molecule has 1 aromatic carbocycles. The molecule has 2 heterocycles. The van der Waals surface area contributed by atoms with Crippen molar-refractivity contribution in [3.63, 3.8) is 0 Å². The summed E-state index contributed by atoms with van der Waals surface area (Å²) < 4.78 is 0. The van der Waals surface area contributed by atoms with E-state index in [2.05, 4.69) is 28.1 Å². The zero-order valence-corrected chi connectivity index (χ0v) is 16.3. The molecule has 0 bridgehead atoms. The van der Waals surface area contributed by atoms with Crippen LogP contribution in [0.1, 0.15) is 45.4 Å². The number of benzene rings is 1. The average Bonchev–Trinajstić information content (AvgIpc) is 3.16. The zero-order valence-electron chi connectivity index (χ0n) is 15.5. The van der Waals surface area contributed by atoms with E-state index in [0.717, 1.165) is 23.4 Å². The largest absolute Gasteiger partial charge is 0.390 e. The highest BCUT2D eigenvalue weighted by Crippen LogP contribution is 2.52. The molecule has 5 nitrogen and oxygen atoms in total. The average molecular weight is 372 g/mol. The summed E-state index contributed by atoms with van der Waals surface area (Å²) in [7, 11) is 4.05. The molecule has 2 atom stereocenters. The van der Waals surface area contributed by atoms with Crippen molar-refractivity contribution in [1.82, 2.24) is 14.8 Å². The van der Waals surface area contributed by atoms with Crippen LogP contribution in [0.25, 0.3) is 0 Å². The van der Waals surface area contributed by atoms with E-state index in [1.165, 1.54) is 22.5 Å². The second-order valence-electron chi connectivity index (χ2n) is 7.66. The second-order valence-corrected chi connectivity index (χ2v) is 8.51. The number of aliphatic hydroxyl groups is 1. The van der Waals surface area contributed by atoms with Gasteiger partial charge in [-0.3, -0.25) is 4.79 Å². The van der Waals surface area contributed by atoms with Crippen LogP contribution < -0.4 is 0 Å². The number of likely N-dealkylation sites (N-methyl/N-ethyl adjacent to an activating group) is 1. The summed E-state index contributed by atoms with van der Waals surface area (Å²) in [6, 6.07) is 8.41. The number of thiazole rings is 1. The maximum absolute atomic E-state index is 12.8. The minimum Gasteiger partial charge on any atom is -0.390 e. The molecule has 6 heteroatoms. The van der Waals surface area contributed by atoms with E-state index in [0.29, 0.717) is 13.1 Å². The molecule has 2 aromatic rings. The molecule has 2 aliphatic rings. The number of hydrogen-bond donors (Lipinski definition) is 1. The zero-order chi connectivity index (χ0) is 18.5. The van der Waals surface area contributed by atoms with Gasteiger partial charge in [0.15, 0.2) is 0 Å². The van der Waals surface area contributed by atoms with E-state index in [4.69, 9.17) is 0 Å². The third-order valence-electron chi connectivity index (χ3n) is 6.12. The minimum absolute atomic E-state index is 0.0113. The van der Waals surface area contributed by atoms with Crippen molar-refractivity contribution in [2.75, 3.05) is 27.2 Å². The first-order chi connectivity index (χ1) is 12.5. The normalized spacial score (nSPS) is 24.3. The molecule has 138 valence electrons. The molecule has 1 aliphatic carbocycles. The Hall–Kier alpha value is -1.76. The lowest BCUT2D eigenvalue weighted by Gasteiger charge is -2.43. The summed E-state index contributed by atoms with van der Waals surface area (Å²) in [4.78, 5) is 21.8. The molecule has 1 fully saturated rings. The van der Waals surface area contributed by atoms with E-state index in [9.17, 15) is 9.90 Å². The lowest BCUT2D eigenvalue weighted by atomic mass is 9.72. The van der Waals surface area contributed by atoms with Crippen molar-refractivity contribution < 1.29 is 9.90 Å². The fraction of sp³-hybridized carbons (Fsp3) is 0.500. The van der Waals surface area contributed by atoms with Gasteiger partial charge in [0.1, 0.15) is 4.88 Å². The van der Waals surface area contributed by atoms with Crippen molar-refractivity contribution >= 4 is 17.2 Å². The van der Waals surface area contributed by atoms with Gasteiger partial charge >= 0.3 is 0 Å². The second kappa shape index (κ2) is 6.44. The Balaban J connectivity index is 1.60. The van der Waals surface area contributed by atoms with Crippen LogP contribution in [0.2, 0.25) is 0 Å². The minimum atomic E-state index is -0.447. The Kier molecular flexibility index (Phi) is 4.37. The number of aromatic nitrogens is 1. The molecule has 1 amide bonds. The standard InChI is InChI=1S/C20H25N3O2S/c1-13-17(26-12-21-13)19(25)23-10-8-20(9-11-23)15-7-5-4-6-14(15)16(18(20)24)22(2)3/h4-7,12,16,18,24H,8-11H2,1-3H3/t16-,18+/m1/s1. The van der Waals surface area contributed by atoms with E-state index in [1.54, 1.807) is 5.51 Å². The Labute approximate surface area is 158 Å². The van der Waals surface area contributed by atoms with Gasteiger partial charge in [-0.2, -0.15) is 0 Å². The topological polar surface area (TPSA) is 56.7 Å². The molecule has 0 saturated carbocycles. The summed E-state index contributed by atoms with van der Waals surface area (Å²) in [6.07, 6.45) is 1.13. The van der Waals surface area contributed by atoms with Crippen molar-refractivity contribution in [2.45, 2.75) is 37.3 Å². The van der Waals surface area contributed by atoms with Crippen LogP contribution in [0.5, 0.6) is 0 Å². The molecular formula is C20H25N3O2S. The first-order valence-electron chi connectivity index (χ1n) is 9.09. The molecule has 1 N–H and O–H groups in total. The maximum atomic E-state index is 12.8. The van der Waals surface area contributed by atoms with Crippen LogP contribution in [-0.4, -0.2) is 59.1 Å². The Morgan fingerprint density at radius 3 is 2.62 bits per heavy atom. The quantitative estimate of drug-likeness (QED) is 0.882. The SMILES string of the molecule is Cc1ncsc1C(=O)N1CCC2(CC1)c1ccccc1[C@@H](N(C)C)[C@@H]2O. The van der Waals surface area contributed by atoms with Crippen LogP contribution in [0.3, 0.4) is 0 Å². The van der Waals surface area contributed by atoms with Crippen molar-refractivity contribution in [1.29, 1.82) is 0 Å². The summed E-state index contributed by atoms with van der Waals surface area (Å²) in [5, 5.41) is 11.3. The van der Waals surface area contributed by atoms with Crippen LogP contribution in [-0.2, 0) is 5.41 Å². The van der Waals surface area contributed by atoms with Crippen LogP contribution in [0.4, 0.5) is 0 Å². The van der Waals surface area contributed by atoms with Gasteiger partial charge in [-0.25, -0.2) is 4.98 Å². The van der Waals surface area contributed by atoms with Gasteiger partial charge < -0.3 is 14.9 Å². The van der Waals surface area contributed by atoms with Crippen LogP contribution in [0.15, 0.2) is 29.8 Å². The van der Waals surface area contributed by atoms with Gasteiger partial charge in [0.2, 0.25) is 0 Å². The van der Waals surface area contributed by atoms with Gasteiger partial charge in [-0.15, -0.1) is 11.3 Å². The summed E-state index contributed by atoms with van der Waals surface area (Å²) >= 11 is 1.41. The molecule has 0 unspecified atom stereocenters. The van der Waals surface area contributed by atoms with Crippen LogP contribution in [0, 0.1) is 6.92 Å². The number of fused-ring (bicyclic) bond motifs is 2. The highest BCUT2D eigenvalue weighted by Gasteiger charge is 2.53. The molecule has 1 aliphatic heterocycles. The van der Waals surface area contributed by atoms with Gasteiger partial charge in [0.25, 0.3) is 5.91 Å². The number of nitrogens with zero attached hydrogens (tertiary/aromatic N) is 3. The molecule has 1 spiro atoms. The molecule has 26 heavy (non-hydrogen) atoms. The highest BCUT2D eigenvalue weighted by molar-refractivity contribution is 7.11. The molecule has 1 aromatic heterocycles. The number of carbonyl (C=O) groups is 1. The predicted molar refractivity (Wildman–Crippen MR) is 103 cm³/mol. The number of amides is 1. The maximum Gasteiger partial charge on any atom is 0.265 e. The van der Waals surface area contributed by atoms with Crippen LogP contribution >= 0.6 is 11.3 Å². The third kappa shape index (κ3) is 2.51. The van der Waals surface area contributed by atoms with Crippen molar-refractivity contribution in [3.8, 4) is 0 Å². The van der Waals surface area contributed by atoms with Gasteiger partial charge in [0, 0.05) is 18.5 Å². The van der Waals surface area contributed by atoms with Crippen molar-refractivity contribution in [3.05, 3.63) is 51.5 Å². The highest BCUT2D eigenvalue weighted by atomic mass is 32.1. The third-order valence-corrected chi connectivity index (χ3v) is 7.04. The smallest absolute Gasteiger partial charge is 0.265 e. The lowest BCUT2D eigenvalue weighted by Crippen LogP contribution is -2.50. The number of hydrogen-bond acceptors (Lipinski definition) is 5. The van der Waals surface area contributed by atoms with Gasteiger partial charge in [-0.05, 0) is 45.0 Å². The van der Waals surface area contributed by atoms with E-state index >= 15 is 0 Å². The first kappa shape index (κ1) is 17.6. The van der Waals surface area contributed by atoms with E-state index in [1.807, 2.05) is 32.0 Å². The summed E-state index contributed by atoms with van der Waals surface area (Å²) in [5.41, 5.74) is 4.76. The van der Waals surface area contributed by atoms with Crippen molar-refractivity contribution in [2.24, 2.45) is 0 Å². The number of aryl methyl sites for hydroxylation is 1. The number of likely N-dealkylation sites (tertiary alicyclic amines) is 1. The Morgan fingerprint density at radius 1 is 1.31 bits per heavy atom. The van der Waals surface area contributed by atoms with E-state index < -0.39 is 6.10 Å². The summed E-state index contributed by atoms with van der Waals surface area (Å²) in [5.74, 6) is 0.0739. The van der Waals surface area contributed by atoms with Gasteiger partial charge in [0.05, 0.1) is 23.4 Å². The first-order valence-corrected chi connectivity index (χ1v) is 9.97.